The molecule has 1 unspecified atom stereocenters. The van der Waals surface area contributed by atoms with Gasteiger partial charge in [-0.25, -0.2) is 19.2 Å². The van der Waals surface area contributed by atoms with Crippen molar-refractivity contribution in [3.63, 3.8) is 0 Å². The molecule has 0 amide bonds. The van der Waals surface area contributed by atoms with E-state index in [0.29, 0.717) is 32.0 Å². The van der Waals surface area contributed by atoms with Crippen LogP contribution in [0.15, 0.2) is 60.8 Å². The molecule has 4 fully saturated rings. The quantitative estimate of drug-likeness (QED) is 0.00601. The smallest absolute Gasteiger partial charge is 2.00 e. The molecule has 2 heterocycles. The van der Waals surface area contributed by atoms with E-state index in [1.165, 1.54) is 93.4 Å². The molecule has 0 radical (unpaired) electrons. The van der Waals surface area contributed by atoms with Gasteiger partial charge in [-0.1, -0.05) is 70.8 Å². The fourth-order valence-electron chi connectivity index (χ4n) is 6.89. The Morgan fingerprint density at radius 3 is 1.07 bits per heavy atom. The van der Waals surface area contributed by atoms with Crippen LogP contribution in [0, 0.1) is 37.5 Å². The fourth-order valence-corrected chi connectivity index (χ4v) is 6.89. The molecule has 40 heteroatoms. The Hall–Kier alpha value is -4.46. The Balaban J connectivity index is -0.000000109. The first kappa shape index (κ1) is 133. The van der Waals surface area contributed by atoms with E-state index in [-0.39, 0.29) is 194 Å². The summed E-state index contributed by atoms with van der Waals surface area (Å²) in [7, 11) is 0. The molecule has 2 aliphatic heterocycles. The predicted molar refractivity (Wildman–Crippen MR) is 422 cm³/mol. The summed E-state index contributed by atoms with van der Waals surface area (Å²) < 4.78 is 99.2. The Bertz CT molecular complexity index is 2650. The molecule has 4 aliphatic rings. The molecule has 655 valence electrons. The van der Waals surface area contributed by atoms with Crippen molar-refractivity contribution in [3.05, 3.63) is 74.6 Å². The third-order valence-electron chi connectivity index (χ3n) is 11.1. The number of carbonyl (C=O) groups is 13. The summed E-state index contributed by atoms with van der Waals surface area (Å²) >= 11 is 7.75. The maximum atomic E-state index is 12.2. The Morgan fingerprint density at radius 2 is 0.789 bits per heavy atom. The summed E-state index contributed by atoms with van der Waals surface area (Å²) in [4.78, 5) is 140. The van der Waals surface area contributed by atoms with Crippen LogP contribution in [0.5, 0.6) is 0 Å². The van der Waals surface area contributed by atoms with Gasteiger partial charge in [0.15, 0.2) is 43.3 Å². The molecule has 4 rings (SSSR count). The minimum atomic E-state index is -1.44. The Kier molecular flexibility index (Phi) is 108. The van der Waals surface area contributed by atoms with Crippen LogP contribution >= 0.6 is 56.8 Å². The van der Waals surface area contributed by atoms with Gasteiger partial charge in [0.05, 0.1) is 59.9 Å². The number of aldehydes is 2. The number of esters is 10. The first-order valence-electron chi connectivity index (χ1n) is 34.4. The zero-order valence-corrected chi connectivity index (χ0v) is 79.8. The van der Waals surface area contributed by atoms with E-state index in [2.05, 4.69) is 80.1 Å². The Morgan fingerprint density at radius 1 is 0.500 bits per heavy atom. The van der Waals surface area contributed by atoms with Crippen molar-refractivity contribution in [2.45, 2.75) is 220 Å². The van der Waals surface area contributed by atoms with Crippen LogP contribution in [0.1, 0.15) is 153 Å². The molecule has 2 saturated heterocycles. The number of ether oxygens (including phenoxy) is 16. The van der Waals surface area contributed by atoms with Gasteiger partial charge in [0.2, 0.25) is 5.24 Å². The minimum Gasteiger partial charge on any atom is 2.00 e. The molecule has 114 heavy (non-hydrogen) atoms. The third kappa shape index (κ3) is 93.0. The third-order valence-corrected chi connectivity index (χ3v) is 11.1. The summed E-state index contributed by atoms with van der Waals surface area (Å²) in [5, 5.41) is 23.8. The van der Waals surface area contributed by atoms with Crippen molar-refractivity contribution in [1.82, 2.24) is 0 Å². The summed E-state index contributed by atoms with van der Waals surface area (Å²) in [6.07, 6.45) is 10.2. The van der Waals surface area contributed by atoms with E-state index < -0.39 is 81.7 Å². The van der Waals surface area contributed by atoms with Crippen molar-refractivity contribution in [1.29, 1.82) is 0 Å². The largest absolute Gasteiger partial charge is 2.00 e. The zero-order chi connectivity index (χ0) is 87.4. The van der Waals surface area contributed by atoms with Crippen LogP contribution in [0.2, 0.25) is 0 Å². The molecule has 0 spiro atoms. The molecule has 34 nitrogen and oxygen atoms in total. The molecular weight excluding hydrogens is 1870 g/mol. The first-order valence-corrected chi connectivity index (χ1v) is 38.8. The number of aliphatic hydroxyl groups excluding tert-OH is 3. The van der Waals surface area contributed by atoms with Gasteiger partial charge in [-0.3, -0.25) is 38.4 Å². The zero-order valence-electron chi connectivity index (χ0n) is 69.6. The molecule has 0 aromatic carbocycles. The maximum Gasteiger partial charge on any atom is 2.00 e. The van der Waals surface area contributed by atoms with Crippen molar-refractivity contribution in [2.75, 3.05) is 75.1 Å². The van der Waals surface area contributed by atoms with Gasteiger partial charge in [-0.05, 0) is 136 Å². The monoisotopic (exact) mass is 1990 g/mol. The molecule has 0 aromatic rings. The van der Waals surface area contributed by atoms with E-state index >= 15 is 0 Å². The van der Waals surface area contributed by atoms with E-state index in [1.54, 1.807) is 87.5 Å². The van der Waals surface area contributed by atoms with Crippen LogP contribution in [-0.4, -0.2) is 236 Å². The maximum absolute atomic E-state index is 12.2. The van der Waals surface area contributed by atoms with Gasteiger partial charge in [0.1, 0.15) is 39.0 Å². The van der Waals surface area contributed by atoms with Crippen LogP contribution in [0.4, 0.5) is 0 Å². The van der Waals surface area contributed by atoms with Gasteiger partial charge in [-0.15, -0.1) is 0 Å². The molecule has 2 saturated carbocycles. The number of rotatable bonds is 32. The van der Waals surface area contributed by atoms with Gasteiger partial charge >= 0.3 is 131 Å². The normalized spacial score (nSPS) is 17.5. The van der Waals surface area contributed by atoms with Crippen molar-refractivity contribution in [3.8, 4) is 0 Å². The van der Waals surface area contributed by atoms with Crippen molar-refractivity contribution >= 4 is 134 Å². The van der Waals surface area contributed by atoms with Crippen LogP contribution in [-0.2, 0) is 180 Å². The SMILES string of the molecule is C.CC(=O)Cl.CC(=O)OC/C=C/C1O[C@@H](C(=O)OC(C)C)[C@H](C(=O)OC(C)C)O1.CC(=O)OC/C=C/C=O.CC(=O)OC/C=C/CO.CC(=O)OC[C@@H]1CC1C1O[C@@H](C(=O)OC(C)C)[C@H](C(=O)OC(C)C)O1.CC(=O)OC[C@@H]1C[C@H]1C=O.CCOC(/C=C/COC(C)=O)OCC.ICI.OC/C=C/CO.[CH2-]C.[CH2-]C.[H-].[Na+].[O]=[Mn]=[O].[Zn+2]. The van der Waals surface area contributed by atoms with Crippen LogP contribution in [0.25, 0.3) is 0 Å². The fraction of sp³-hybridized carbons (Fsp3) is 0.662. The van der Waals surface area contributed by atoms with Gasteiger partial charge in [0, 0.05) is 85.4 Å². The van der Waals surface area contributed by atoms with Gasteiger partial charge < -0.3 is 111 Å². The molecule has 3 N–H and O–H groups in total. The standard InChI is InChI=1S/C17H26O8.C16H24O8.C10H18O4.C7H10O3.C6H10O3.C6H8O3.C4H8O2.C2H3ClO.2C2H5.CH2I2.CH4.Mn.Na.2O.Zn.H/c1-8(2)22-15(19)13-14(16(20)23-9(3)4)25-17(24-13)12-6-11(12)7-21-10(5)18;1-9(2)21-15(18)13-14(16(19)22-10(3)4)24-12(23-13)7-6-8-20-11(5)17;1-4-12-10(13-5-2)7-6-8-14-9(3)11;1-5(9)10-4-7-2-6(7)3-8;2*1-6(8)9-5-3-2-4-7;5-3-1-2-4-6;1-2(3)4;2*1-2;2-1-3;;;;;;;/h8-9,11-14,17H,6-7H2,1-5H3;6-7,9-10,12-14H,8H2,1-5H3;6-7,10H,4-5,8H2,1-3H3;3,6-7H,2,4H2,1H3;2-3,7H,4-5H2,1H3;2-4H,5H2,1H3;1-2,5-6H,3-4H2;1H3;2*1H2,2H3;1H2;1H4;;;;;;/q;;;;;;;;2*-1;;;;+1;;;+2;-1/b;2*7-6+;;2*3-2+;2-1+;;;;;;;;;;;/t11-,12?,13+,14+;13-,14-;;6-,7-;;;;;;;;;;;;;;/m01.0............../s1. The van der Waals surface area contributed by atoms with E-state index in [9.17, 15) is 62.3 Å². The number of carbonyl (C=O) groups excluding carboxylic acids is 13. The Labute approximate surface area is 747 Å². The number of hydrogen-bond donors (Lipinski definition) is 3. The summed E-state index contributed by atoms with van der Waals surface area (Å²) in [5.74, 6) is -4.18. The number of allylic oxidation sites excluding steroid dienone is 1. The predicted octanol–water partition coefficient (Wildman–Crippen LogP) is 5.91. The van der Waals surface area contributed by atoms with Crippen LogP contribution in [0.3, 0.4) is 0 Å². The van der Waals surface area contributed by atoms with E-state index in [1.807, 2.05) is 13.8 Å². The molecule has 0 bridgehead atoms. The first-order chi connectivity index (χ1) is 52.3. The molecule has 2 aliphatic carbocycles. The van der Waals surface area contributed by atoms with Gasteiger partial charge in [-0.2, -0.15) is 13.8 Å². The van der Waals surface area contributed by atoms with Crippen LogP contribution < -0.4 is 29.6 Å². The van der Waals surface area contributed by atoms with E-state index in [0.717, 1.165) is 19.1 Å². The second-order valence-corrected chi connectivity index (χ2v) is 27.2. The summed E-state index contributed by atoms with van der Waals surface area (Å²) in [6.45, 7) is 39.3. The minimum absolute atomic E-state index is 0. The number of alkyl halides is 2. The second-order valence-electron chi connectivity index (χ2n) is 22.0. The van der Waals surface area contributed by atoms with E-state index in [4.69, 9.17) is 89.3 Å². The summed E-state index contributed by atoms with van der Waals surface area (Å²) in [5.41, 5.74) is 0. The summed E-state index contributed by atoms with van der Waals surface area (Å²) in [6, 6.07) is 0. The topological polar surface area (TPSA) is 464 Å². The average molecular weight is 1990 g/mol. The molecule has 8 atom stereocenters. The molecule has 0 aromatic heterocycles. The van der Waals surface area contributed by atoms with Crippen molar-refractivity contribution < 1.29 is 226 Å². The number of halogens is 3. The average Bonchev–Trinajstić information content (AvgIpc) is 1.62. The number of aliphatic hydroxyl groups is 3. The second kappa shape index (κ2) is 92.4. The van der Waals surface area contributed by atoms with Gasteiger partial charge in [0.25, 0.3) is 0 Å². The van der Waals surface area contributed by atoms with Crippen molar-refractivity contribution in [2.24, 2.45) is 23.7 Å². The molecular formula is C74H124ClI2MnNaO34Zn. The number of hydrogen-bond acceptors (Lipinski definition) is 34.